The smallest absolute Gasteiger partial charge is 0.139 e. The van der Waals surface area contributed by atoms with E-state index >= 15 is 0 Å². The molecule has 2 fully saturated rings. The topological polar surface area (TPSA) is 66.8 Å². The van der Waals surface area contributed by atoms with Gasteiger partial charge in [0.1, 0.15) is 24.2 Å². The number of aliphatic hydroxyl groups is 2. The largest absolute Gasteiger partial charge is 0.491 e. The molecule has 1 aromatic carbocycles. The third kappa shape index (κ3) is 3.19. The van der Waals surface area contributed by atoms with Gasteiger partial charge in [0.15, 0.2) is 0 Å². The Morgan fingerprint density at radius 2 is 2.13 bits per heavy atom. The maximum absolute atomic E-state index is 11.9. The molecule has 0 bridgehead atoms. The number of ether oxygens (including phenoxy) is 1. The monoisotopic (exact) mass is 316 g/mol. The van der Waals surface area contributed by atoms with Gasteiger partial charge in [0.2, 0.25) is 0 Å². The highest BCUT2D eigenvalue weighted by Crippen LogP contribution is 2.55. The standard InChI is InChI=1S/C19H24O4/c1-19-10-9-17(21)15(16(19)11-18(19)22)8-7-13(20)12-23-14-5-3-2-4-6-14/h2-8,13,15-17,20-21H,9-12H2,1H3/t13-,15+,16+,17+,19-/m1/s1. The van der Waals surface area contributed by atoms with E-state index in [1.54, 1.807) is 6.08 Å². The summed E-state index contributed by atoms with van der Waals surface area (Å²) in [4.78, 5) is 11.9. The van der Waals surface area contributed by atoms with Gasteiger partial charge in [-0.15, -0.1) is 0 Å². The maximum Gasteiger partial charge on any atom is 0.139 e. The molecule has 0 spiro atoms. The maximum atomic E-state index is 11.9. The molecule has 2 aliphatic carbocycles. The van der Waals surface area contributed by atoms with Crippen LogP contribution in [0.5, 0.6) is 5.75 Å². The zero-order valence-electron chi connectivity index (χ0n) is 13.4. The lowest BCUT2D eigenvalue weighted by Crippen LogP contribution is -2.56. The highest BCUT2D eigenvalue weighted by atomic mass is 16.5. The number of rotatable bonds is 5. The van der Waals surface area contributed by atoms with Crippen molar-refractivity contribution in [2.24, 2.45) is 17.3 Å². The second kappa shape index (κ2) is 6.46. The highest BCUT2D eigenvalue weighted by Gasteiger charge is 2.57. The van der Waals surface area contributed by atoms with Crippen LogP contribution < -0.4 is 4.74 Å². The van der Waals surface area contributed by atoms with Gasteiger partial charge < -0.3 is 14.9 Å². The van der Waals surface area contributed by atoms with Crippen LogP contribution in [0.1, 0.15) is 26.2 Å². The number of fused-ring (bicyclic) bond motifs is 1. The van der Waals surface area contributed by atoms with E-state index < -0.39 is 12.2 Å². The molecule has 3 rings (SSSR count). The minimum absolute atomic E-state index is 0.0576. The van der Waals surface area contributed by atoms with Crippen molar-refractivity contribution in [1.82, 2.24) is 0 Å². The van der Waals surface area contributed by atoms with Crippen molar-refractivity contribution in [1.29, 1.82) is 0 Å². The molecular weight excluding hydrogens is 292 g/mol. The molecule has 124 valence electrons. The first-order valence-electron chi connectivity index (χ1n) is 8.26. The summed E-state index contributed by atoms with van der Waals surface area (Å²) in [6, 6.07) is 9.35. The van der Waals surface area contributed by atoms with Crippen LogP contribution in [0, 0.1) is 17.3 Å². The SMILES string of the molecule is C[C@@]12CC[C@H](O)[C@@H](C=C[C@@H](O)COc3ccccc3)[C@@H]1CC2=O. The average molecular weight is 316 g/mol. The van der Waals surface area contributed by atoms with Crippen molar-refractivity contribution in [3.63, 3.8) is 0 Å². The molecular formula is C19H24O4. The van der Waals surface area contributed by atoms with Crippen molar-refractivity contribution in [2.45, 2.75) is 38.4 Å². The minimum atomic E-state index is -0.730. The number of carbonyl (C=O) groups is 1. The Labute approximate surface area is 136 Å². The van der Waals surface area contributed by atoms with Crippen LogP contribution in [0.25, 0.3) is 0 Å². The molecule has 2 aliphatic rings. The fourth-order valence-corrected chi connectivity index (χ4v) is 3.80. The molecule has 0 aliphatic heterocycles. The van der Waals surface area contributed by atoms with Gasteiger partial charge in [-0.2, -0.15) is 0 Å². The second-order valence-corrected chi connectivity index (χ2v) is 6.91. The van der Waals surface area contributed by atoms with Crippen molar-refractivity contribution >= 4 is 5.78 Å². The van der Waals surface area contributed by atoms with E-state index in [4.69, 9.17) is 4.74 Å². The number of hydrogen-bond donors (Lipinski definition) is 2. The summed E-state index contributed by atoms with van der Waals surface area (Å²) < 4.78 is 5.52. The summed E-state index contributed by atoms with van der Waals surface area (Å²) in [6.45, 7) is 2.18. The van der Waals surface area contributed by atoms with Gasteiger partial charge in [-0.25, -0.2) is 0 Å². The van der Waals surface area contributed by atoms with Crippen molar-refractivity contribution < 1.29 is 19.7 Å². The van der Waals surface area contributed by atoms with Gasteiger partial charge in [-0.1, -0.05) is 37.3 Å². The van der Waals surface area contributed by atoms with E-state index in [1.807, 2.05) is 43.3 Å². The Kier molecular flexibility index (Phi) is 4.55. The molecule has 0 aromatic heterocycles. The molecule has 4 heteroatoms. The second-order valence-electron chi connectivity index (χ2n) is 6.91. The van der Waals surface area contributed by atoms with E-state index in [9.17, 15) is 15.0 Å². The quantitative estimate of drug-likeness (QED) is 0.818. The van der Waals surface area contributed by atoms with Gasteiger partial charge >= 0.3 is 0 Å². The zero-order chi connectivity index (χ0) is 16.4. The van der Waals surface area contributed by atoms with E-state index in [0.717, 1.165) is 12.2 Å². The van der Waals surface area contributed by atoms with E-state index in [1.165, 1.54) is 0 Å². The third-order valence-corrected chi connectivity index (χ3v) is 5.45. The number of benzene rings is 1. The van der Waals surface area contributed by atoms with Crippen molar-refractivity contribution in [3.05, 3.63) is 42.5 Å². The third-order valence-electron chi connectivity index (χ3n) is 5.45. The zero-order valence-corrected chi connectivity index (χ0v) is 13.4. The average Bonchev–Trinajstić information content (AvgIpc) is 2.57. The first-order chi connectivity index (χ1) is 11.0. The van der Waals surface area contributed by atoms with Crippen LogP contribution in [0.4, 0.5) is 0 Å². The molecule has 0 radical (unpaired) electrons. The van der Waals surface area contributed by atoms with Gasteiger partial charge in [0, 0.05) is 17.8 Å². The molecule has 1 aromatic rings. The summed E-state index contributed by atoms with van der Waals surface area (Å²) in [7, 11) is 0. The number of Topliss-reactive ketones (excluding diaryl/α,β-unsaturated/α-hetero) is 1. The molecule has 2 saturated carbocycles. The molecule has 0 heterocycles. The van der Waals surface area contributed by atoms with Crippen molar-refractivity contribution in [3.8, 4) is 5.75 Å². The molecule has 23 heavy (non-hydrogen) atoms. The lowest BCUT2D eigenvalue weighted by Gasteiger charge is -2.53. The normalized spacial score (nSPS) is 34.7. The summed E-state index contributed by atoms with van der Waals surface area (Å²) >= 11 is 0. The van der Waals surface area contributed by atoms with Crippen LogP contribution in [-0.4, -0.2) is 34.8 Å². The fourth-order valence-electron chi connectivity index (χ4n) is 3.80. The van der Waals surface area contributed by atoms with E-state index in [0.29, 0.717) is 18.6 Å². The van der Waals surface area contributed by atoms with Crippen LogP contribution in [0.2, 0.25) is 0 Å². The summed E-state index contributed by atoms with van der Waals surface area (Å²) in [5.74, 6) is 1.16. The molecule has 0 saturated heterocycles. The molecule has 2 N–H and O–H groups in total. The number of hydrogen-bond acceptors (Lipinski definition) is 4. The highest BCUT2D eigenvalue weighted by molar-refractivity contribution is 5.91. The minimum Gasteiger partial charge on any atom is -0.491 e. The van der Waals surface area contributed by atoms with Gasteiger partial charge in [-0.05, 0) is 30.9 Å². The lowest BCUT2D eigenvalue weighted by molar-refractivity contribution is -0.157. The number of para-hydroxylation sites is 1. The lowest BCUT2D eigenvalue weighted by atomic mass is 9.50. The predicted molar refractivity (Wildman–Crippen MR) is 87.0 cm³/mol. The molecule has 4 nitrogen and oxygen atoms in total. The Hall–Kier alpha value is -1.65. The molecule has 5 atom stereocenters. The van der Waals surface area contributed by atoms with Crippen LogP contribution >= 0.6 is 0 Å². The Morgan fingerprint density at radius 3 is 2.83 bits per heavy atom. The molecule has 0 unspecified atom stereocenters. The first kappa shape index (κ1) is 16.2. The number of aliphatic hydroxyl groups excluding tert-OH is 2. The van der Waals surface area contributed by atoms with Gasteiger partial charge in [0.05, 0.1) is 6.10 Å². The van der Waals surface area contributed by atoms with Crippen LogP contribution in [0.15, 0.2) is 42.5 Å². The summed E-state index contributed by atoms with van der Waals surface area (Å²) in [6.07, 6.45) is 4.35. The summed E-state index contributed by atoms with van der Waals surface area (Å²) in [5.41, 5.74) is -0.278. The number of ketones is 1. The van der Waals surface area contributed by atoms with Gasteiger partial charge in [-0.3, -0.25) is 4.79 Å². The molecule has 0 amide bonds. The Balaban J connectivity index is 1.57. The van der Waals surface area contributed by atoms with Crippen LogP contribution in [0.3, 0.4) is 0 Å². The summed E-state index contributed by atoms with van der Waals surface area (Å²) in [5, 5.41) is 20.3. The predicted octanol–water partition coefficient (Wildman–Crippen LogP) is 2.35. The van der Waals surface area contributed by atoms with E-state index in [2.05, 4.69) is 0 Å². The first-order valence-corrected chi connectivity index (χ1v) is 8.26. The number of carbonyl (C=O) groups excluding carboxylic acids is 1. The fraction of sp³-hybridized carbons (Fsp3) is 0.526. The Morgan fingerprint density at radius 1 is 1.39 bits per heavy atom. The van der Waals surface area contributed by atoms with Crippen LogP contribution in [-0.2, 0) is 4.79 Å². The van der Waals surface area contributed by atoms with E-state index in [-0.39, 0.29) is 23.9 Å². The van der Waals surface area contributed by atoms with Gasteiger partial charge in [0.25, 0.3) is 0 Å². The Bertz CT molecular complexity index is 582. The van der Waals surface area contributed by atoms with Crippen molar-refractivity contribution in [2.75, 3.05) is 6.61 Å².